The molecule has 0 spiro atoms. The van der Waals surface area contributed by atoms with Crippen molar-refractivity contribution in [2.45, 2.75) is 43.4 Å². The van der Waals surface area contributed by atoms with Gasteiger partial charge in [0, 0.05) is 17.6 Å². The number of hydrogen-bond donors (Lipinski definition) is 2. The van der Waals surface area contributed by atoms with Crippen LogP contribution in [0.5, 0.6) is 0 Å². The van der Waals surface area contributed by atoms with Crippen molar-refractivity contribution in [3.8, 4) is 0 Å². The van der Waals surface area contributed by atoms with Crippen molar-refractivity contribution in [3.63, 3.8) is 0 Å². The van der Waals surface area contributed by atoms with Crippen molar-refractivity contribution >= 4 is 11.9 Å². The average Bonchev–Trinajstić information content (AvgIpc) is 3.33. The fourth-order valence-electron chi connectivity index (χ4n) is 4.07. The van der Waals surface area contributed by atoms with Crippen LogP contribution in [0.3, 0.4) is 0 Å². The molecule has 0 saturated heterocycles. The van der Waals surface area contributed by atoms with Crippen molar-refractivity contribution in [1.29, 1.82) is 0 Å². The van der Waals surface area contributed by atoms with Crippen LogP contribution in [0, 0.1) is 0 Å². The number of benzene rings is 1. The van der Waals surface area contributed by atoms with Gasteiger partial charge in [0.1, 0.15) is 12.0 Å². The first kappa shape index (κ1) is 13.8. The number of aliphatic imine (C=N–C) groups is 1. The van der Waals surface area contributed by atoms with Gasteiger partial charge in [-0.05, 0) is 43.7 Å². The molecular formula is C18H20N6. The normalized spacial score (nSPS) is 30.0. The van der Waals surface area contributed by atoms with Gasteiger partial charge in [-0.15, -0.1) is 10.2 Å². The predicted molar refractivity (Wildman–Crippen MR) is 93.2 cm³/mol. The highest BCUT2D eigenvalue weighted by Crippen LogP contribution is 2.38. The van der Waals surface area contributed by atoms with Crippen molar-refractivity contribution in [1.82, 2.24) is 20.1 Å². The summed E-state index contributed by atoms with van der Waals surface area (Å²) in [6.45, 7) is 0. The standard InChI is InChI=1S/C18H20N6/c1-2-4-13(5-3-1)21-14-7-6-12(10-14)18-23-22-16-11-20-17-15(24(16)18)8-9-19-17/h1-5,8-9,11-12,14-15,17,19,21H,6-7,10H2/t12-,14-,15?,17?/m1/s1. The van der Waals surface area contributed by atoms with E-state index in [2.05, 4.69) is 60.7 Å². The average molecular weight is 320 g/mol. The molecule has 2 aliphatic heterocycles. The second-order valence-electron chi connectivity index (χ2n) is 6.74. The van der Waals surface area contributed by atoms with Gasteiger partial charge in [-0.2, -0.15) is 0 Å². The maximum absolute atomic E-state index is 4.51. The van der Waals surface area contributed by atoms with Crippen molar-refractivity contribution < 1.29 is 0 Å². The van der Waals surface area contributed by atoms with Crippen LogP contribution < -0.4 is 10.6 Å². The molecule has 1 aromatic carbocycles. The highest BCUT2D eigenvalue weighted by atomic mass is 15.3. The number of hydrogen-bond acceptors (Lipinski definition) is 5. The third-order valence-electron chi connectivity index (χ3n) is 5.22. The molecule has 2 N–H and O–H groups in total. The summed E-state index contributed by atoms with van der Waals surface area (Å²) in [4.78, 5) is 4.51. The third kappa shape index (κ3) is 2.21. The van der Waals surface area contributed by atoms with E-state index in [1.165, 1.54) is 5.69 Å². The van der Waals surface area contributed by atoms with Gasteiger partial charge in [0.15, 0.2) is 5.82 Å². The minimum Gasteiger partial charge on any atom is -0.382 e. The minimum atomic E-state index is 0.0897. The molecule has 2 aromatic rings. The molecule has 1 aromatic heterocycles. The molecule has 122 valence electrons. The first-order valence-electron chi connectivity index (χ1n) is 8.61. The molecule has 2 unspecified atom stereocenters. The fraction of sp³-hybridized carbons (Fsp3) is 0.389. The van der Waals surface area contributed by atoms with Gasteiger partial charge in [0.05, 0.1) is 12.3 Å². The largest absolute Gasteiger partial charge is 0.382 e. The van der Waals surface area contributed by atoms with Crippen LogP contribution in [0.25, 0.3) is 0 Å². The number of para-hydroxylation sites is 1. The number of aromatic nitrogens is 3. The zero-order chi connectivity index (χ0) is 15.9. The molecular weight excluding hydrogens is 300 g/mol. The Balaban J connectivity index is 1.37. The molecule has 4 atom stereocenters. The number of fused-ring (bicyclic) bond motifs is 3. The van der Waals surface area contributed by atoms with Crippen LogP contribution >= 0.6 is 0 Å². The van der Waals surface area contributed by atoms with E-state index in [-0.39, 0.29) is 12.2 Å². The maximum Gasteiger partial charge on any atom is 0.175 e. The van der Waals surface area contributed by atoms with Crippen LogP contribution in [0.1, 0.15) is 42.9 Å². The highest BCUT2D eigenvalue weighted by Gasteiger charge is 2.36. The summed E-state index contributed by atoms with van der Waals surface area (Å²) in [7, 11) is 0. The Morgan fingerprint density at radius 3 is 2.96 bits per heavy atom. The molecule has 3 aliphatic rings. The van der Waals surface area contributed by atoms with Crippen LogP contribution in [0.4, 0.5) is 5.69 Å². The second-order valence-corrected chi connectivity index (χ2v) is 6.74. The lowest BCUT2D eigenvalue weighted by Gasteiger charge is -2.25. The molecule has 5 rings (SSSR count). The molecule has 0 radical (unpaired) electrons. The monoisotopic (exact) mass is 320 g/mol. The van der Waals surface area contributed by atoms with Crippen LogP contribution in [0.2, 0.25) is 0 Å². The Bertz CT molecular complexity index is 793. The summed E-state index contributed by atoms with van der Waals surface area (Å²) in [6.07, 6.45) is 9.48. The van der Waals surface area contributed by atoms with Crippen molar-refractivity contribution in [2.24, 2.45) is 4.99 Å². The van der Waals surface area contributed by atoms with Crippen LogP contribution in [-0.2, 0) is 0 Å². The third-order valence-corrected chi connectivity index (χ3v) is 5.22. The Morgan fingerprint density at radius 1 is 1.12 bits per heavy atom. The topological polar surface area (TPSA) is 67.1 Å². The SMILES string of the molecule is C1=CC2C(N=Cc3nnc([C@@H]4CC[C@@H](Nc5ccccc5)C4)n32)N1. The van der Waals surface area contributed by atoms with E-state index >= 15 is 0 Å². The molecule has 24 heavy (non-hydrogen) atoms. The van der Waals surface area contributed by atoms with Crippen molar-refractivity contribution in [3.05, 3.63) is 54.3 Å². The highest BCUT2D eigenvalue weighted by molar-refractivity contribution is 5.76. The Kier molecular flexibility index (Phi) is 3.14. The molecule has 1 aliphatic carbocycles. The van der Waals surface area contributed by atoms with Crippen LogP contribution in [-0.4, -0.2) is 33.2 Å². The second kappa shape index (κ2) is 5.47. The van der Waals surface area contributed by atoms with Gasteiger partial charge >= 0.3 is 0 Å². The van der Waals surface area contributed by atoms with Crippen molar-refractivity contribution in [2.75, 3.05) is 5.32 Å². The van der Waals surface area contributed by atoms with E-state index in [0.29, 0.717) is 12.0 Å². The lowest BCUT2D eigenvalue weighted by molar-refractivity contribution is 0.443. The minimum absolute atomic E-state index is 0.0897. The van der Waals surface area contributed by atoms with Gasteiger partial charge in [-0.25, -0.2) is 0 Å². The lowest BCUT2D eigenvalue weighted by Crippen LogP contribution is -2.32. The Morgan fingerprint density at radius 2 is 2.04 bits per heavy atom. The van der Waals surface area contributed by atoms with E-state index in [9.17, 15) is 0 Å². The van der Waals surface area contributed by atoms with E-state index in [1.54, 1.807) is 0 Å². The van der Waals surface area contributed by atoms with E-state index in [1.807, 2.05) is 18.5 Å². The molecule has 6 heteroatoms. The summed E-state index contributed by atoms with van der Waals surface area (Å²) in [6, 6.07) is 11.1. The molecule has 1 fully saturated rings. The smallest absolute Gasteiger partial charge is 0.175 e. The quantitative estimate of drug-likeness (QED) is 0.911. The Hall–Kier alpha value is -2.63. The molecule has 3 heterocycles. The van der Waals surface area contributed by atoms with Gasteiger partial charge in [0.25, 0.3) is 0 Å². The number of nitrogens with zero attached hydrogens (tertiary/aromatic N) is 4. The zero-order valence-corrected chi connectivity index (χ0v) is 13.3. The molecule has 1 saturated carbocycles. The molecule has 0 amide bonds. The number of anilines is 1. The lowest BCUT2D eigenvalue weighted by atomic mass is 10.1. The summed E-state index contributed by atoms with van der Waals surface area (Å²) >= 11 is 0. The maximum atomic E-state index is 4.51. The fourth-order valence-corrected chi connectivity index (χ4v) is 4.07. The molecule has 6 nitrogen and oxygen atoms in total. The summed E-state index contributed by atoms with van der Waals surface area (Å²) in [5.74, 6) is 2.43. The first-order chi connectivity index (χ1) is 11.9. The van der Waals surface area contributed by atoms with E-state index in [4.69, 9.17) is 0 Å². The van der Waals surface area contributed by atoms with Gasteiger partial charge in [-0.1, -0.05) is 18.2 Å². The van der Waals surface area contributed by atoms with Gasteiger partial charge < -0.3 is 10.6 Å². The predicted octanol–water partition coefficient (Wildman–Crippen LogP) is 2.44. The van der Waals surface area contributed by atoms with Gasteiger partial charge in [-0.3, -0.25) is 9.56 Å². The molecule has 0 bridgehead atoms. The summed E-state index contributed by atoms with van der Waals surface area (Å²) < 4.78 is 2.27. The van der Waals surface area contributed by atoms with E-state index < -0.39 is 0 Å². The summed E-state index contributed by atoms with van der Waals surface area (Å²) in [5, 5.41) is 15.8. The first-order valence-corrected chi connectivity index (χ1v) is 8.61. The van der Waals surface area contributed by atoms with Gasteiger partial charge in [0.2, 0.25) is 0 Å². The van der Waals surface area contributed by atoms with E-state index in [0.717, 1.165) is 30.9 Å². The van der Waals surface area contributed by atoms with Crippen LogP contribution in [0.15, 0.2) is 47.6 Å². The Labute approximate surface area is 140 Å². The summed E-state index contributed by atoms with van der Waals surface area (Å²) in [5.41, 5.74) is 1.20. The zero-order valence-electron chi connectivity index (χ0n) is 13.3. The number of rotatable bonds is 3. The number of nitrogens with one attached hydrogen (secondary N) is 2.